The van der Waals surface area contributed by atoms with Gasteiger partial charge in [0.05, 0.1) is 11.3 Å². The molecule has 0 N–H and O–H groups in total. The van der Waals surface area contributed by atoms with Crippen molar-refractivity contribution in [2.24, 2.45) is 0 Å². The van der Waals surface area contributed by atoms with Crippen LogP contribution in [-0.2, 0) is 26.5 Å². The van der Waals surface area contributed by atoms with Crippen molar-refractivity contribution >= 4 is 49.1 Å². The minimum Gasteiger partial charge on any atom is -0.503 e. The van der Waals surface area contributed by atoms with Gasteiger partial charge in [0.1, 0.15) is 5.82 Å². The van der Waals surface area contributed by atoms with Gasteiger partial charge in [0.15, 0.2) is 0 Å². The van der Waals surface area contributed by atoms with Gasteiger partial charge >= 0.3 is 21.1 Å². The minimum absolute atomic E-state index is 0. The SMILES string of the molecule is Cc1cc(C)c(-c2cn3c4ccccc4c4ccc(Oc5[c-]c6c(cc5)c5ccccc5n6-c5ncccc5C(C)(C)C)[c-]c4c3n2)c(C)c1.[Pt+2]. The number of benzene rings is 5. The van der Waals surface area contributed by atoms with Crippen molar-refractivity contribution in [1.82, 2.24) is 18.9 Å². The van der Waals surface area contributed by atoms with Crippen molar-refractivity contribution in [2.75, 3.05) is 0 Å². The molecule has 0 aliphatic heterocycles. The quantitative estimate of drug-likeness (QED) is 0.131. The molecule has 0 spiro atoms. The summed E-state index contributed by atoms with van der Waals surface area (Å²) >= 11 is 0. The van der Waals surface area contributed by atoms with Crippen LogP contribution in [0.2, 0.25) is 0 Å². The van der Waals surface area contributed by atoms with E-state index in [9.17, 15) is 0 Å². The molecule has 0 saturated carbocycles. The first-order valence-corrected chi connectivity index (χ1v) is 17.1. The van der Waals surface area contributed by atoms with Crippen LogP contribution < -0.4 is 4.74 Å². The zero-order valence-corrected chi connectivity index (χ0v) is 31.7. The maximum atomic E-state index is 6.60. The van der Waals surface area contributed by atoms with Gasteiger partial charge in [-0.25, -0.2) is 4.98 Å². The molecule has 0 amide bonds. The third-order valence-electron chi connectivity index (χ3n) is 9.82. The topological polar surface area (TPSA) is 44.4 Å². The zero-order chi connectivity index (χ0) is 34.3. The van der Waals surface area contributed by atoms with E-state index in [1.807, 2.05) is 24.4 Å². The van der Waals surface area contributed by atoms with Crippen molar-refractivity contribution in [3.8, 4) is 28.6 Å². The number of pyridine rings is 2. The Morgan fingerprint density at radius 1 is 0.686 bits per heavy atom. The largest absolute Gasteiger partial charge is 2.00 e. The fourth-order valence-corrected chi connectivity index (χ4v) is 7.72. The average molecular weight is 844 g/mol. The number of rotatable bonds is 4. The number of fused-ring (bicyclic) bond motifs is 9. The fraction of sp³-hybridized carbons (Fsp3) is 0.156. The number of aryl methyl sites for hydroxylation is 3. The molecule has 0 saturated heterocycles. The van der Waals surface area contributed by atoms with Crippen LogP contribution in [0.4, 0.5) is 0 Å². The smallest absolute Gasteiger partial charge is 0.503 e. The van der Waals surface area contributed by atoms with E-state index in [1.54, 1.807) is 0 Å². The number of ether oxygens (including phenoxy) is 1. The first-order valence-electron chi connectivity index (χ1n) is 17.1. The third-order valence-corrected chi connectivity index (χ3v) is 9.82. The van der Waals surface area contributed by atoms with E-state index in [0.717, 1.165) is 66.2 Å². The molecule has 51 heavy (non-hydrogen) atoms. The van der Waals surface area contributed by atoms with Crippen LogP contribution in [0, 0.1) is 32.9 Å². The van der Waals surface area contributed by atoms with Gasteiger partial charge in [-0.1, -0.05) is 103 Å². The molecule has 252 valence electrons. The van der Waals surface area contributed by atoms with Crippen molar-refractivity contribution in [3.63, 3.8) is 0 Å². The van der Waals surface area contributed by atoms with E-state index >= 15 is 0 Å². The van der Waals surface area contributed by atoms with E-state index in [1.165, 1.54) is 22.3 Å². The van der Waals surface area contributed by atoms with E-state index in [2.05, 4.69) is 148 Å². The molecule has 4 heterocycles. The number of hydrogen-bond donors (Lipinski definition) is 0. The van der Waals surface area contributed by atoms with Gasteiger partial charge in [-0.15, -0.1) is 29.7 Å². The van der Waals surface area contributed by atoms with Gasteiger partial charge in [0.25, 0.3) is 0 Å². The van der Waals surface area contributed by atoms with Crippen LogP contribution in [0.25, 0.3) is 66.2 Å². The average Bonchev–Trinajstić information content (AvgIpc) is 3.67. The summed E-state index contributed by atoms with van der Waals surface area (Å²) < 4.78 is 11.0. The summed E-state index contributed by atoms with van der Waals surface area (Å²) in [6.45, 7) is 13.1. The molecule has 6 heteroatoms. The second-order valence-corrected chi connectivity index (χ2v) is 14.4. The van der Waals surface area contributed by atoms with Crippen molar-refractivity contribution < 1.29 is 25.8 Å². The number of para-hydroxylation sites is 2. The Bertz CT molecular complexity index is 2800. The number of imidazole rings is 1. The first-order chi connectivity index (χ1) is 24.2. The summed E-state index contributed by atoms with van der Waals surface area (Å²) in [5.41, 5.74) is 10.8. The first kappa shape index (κ1) is 32.9. The van der Waals surface area contributed by atoms with Crippen molar-refractivity contribution in [2.45, 2.75) is 47.0 Å². The molecule has 0 radical (unpaired) electrons. The molecule has 0 aliphatic carbocycles. The second-order valence-electron chi connectivity index (χ2n) is 14.4. The van der Waals surface area contributed by atoms with E-state index in [4.69, 9.17) is 14.7 Å². The Kier molecular flexibility index (Phi) is 7.88. The Morgan fingerprint density at radius 2 is 1.33 bits per heavy atom. The number of aromatic nitrogens is 4. The molecule has 0 unspecified atom stereocenters. The van der Waals surface area contributed by atoms with E-state index < -0.39 is 0 Å². The van der Waals surface area contributed by atoms with Crippen LogP contribution in [0.15, 0.2) is 109 Å². The fourth-order valence-electron chi connectivity index (χ4n) is 7.72. The van der Waals surface area contributed by atoms with Crippen LogP contribution in [0.3, 0.4) is 0 Å². The van der Waals surface area contributed by atoms with Gasteiger partial charge in [0, 0.05) is 46.1 Å². The molecule has 9 aromatic rings. The maximum Gasteiger partial charge on any atom is 2.00 e. The summed E-state index contributed by atoms with van der Waals surface area (Å²) in [7, 11) is 0. The van der Waals surface area contributed by atoms with Crippen LogP contribution in [0.5, 0.6) is 11.5 Å². The minimum atomic E-state index is -0.103. The van der Waals surface area contributed by atoms with Crippen molar-refractivity contribution in [3.05, 3.63) is 144 Å². The summed E-state index contributed by atoms with van der Waals surface area (Å²) in [5, 5.41) is 5.38. The van der Waals surface area contributed by atoms with Gasteiger partial charge < -0.3 is 13.7 Å². The standard InChI is InChI=1S/C45H36N4O.Pt/c1-27-22-28(2)42(29(3)23-27)38-26-48-39-15-9-7-12-33(39)32-19-17-30(24-36(32)43(48)47-38)50-31-18-20-35-34-13-8-10-16-40(34)49(41(35)25-31)44-37(45(4,5)6)14-11-21-46-44;/h7-23,26H,1-6H3;/q-2;+2. The molecule has 4 aromatic heterocycles. The van der Waals surface area contributed by atoms with E-state index in [-0.39, 0.29) is 26.5 Å². The molecule has 0 atom stereocenters. The van der Waals surface area contributed by atoms with Crippen LogP contribution in [-0.4, -0.2) is 18.9 Å². The Hall–Kier alpha value is -5.25. The molecular weight excluding hydrogens is 808 g/mol. The number of nitrogens with zero attached hydrogens (tertiary/aromatic N) is 4. The molecule has 5 aromatic carbocycles. The van der Waals surface area contributed by atoms with Crippen molar-refractivity contribution in [1.29, 1.82) is 0 Å². The number of hydrogen-bond acceptors (Lipinski definition) is 3. The molecule has 0 fully saturated rings. The van der Waals surface area contributed by atoms with Gasteiger partial charge in [-0.3, -0.25) is 4.98 Å². The van der Waals surface area contributed by atoms with Gasteiger partial charge in [0.2, 0.25) is 0 Å². The molecular formula is C45H36N4OPt. The Balaban J connectivity index is 0.00000374. The second kappa shape index (κ2) is 12.2. The molecule has 9 rings (SSSR count). The Morgan fingerprint density at radius 3 is 2.06 bits per heavy atom. The molecule has 5 nitrogen and oxygen atoms in total. The molecule has 0 aliphatic rings. The zero-order valence-electron chi connectivity index (χ0n) is 29.4. The third kappa shape index (κ3) is 5.34. The van der Waals surface area contributed by atoms with Gasteiger partial charge in [-0.2, -0.15) is 6.07 Å². The normalized spacial score (nSPS) is 12.0. The predicted molar refractivity (Wildman–Crippen MR) is 205 cm³/mol. The Labute approximate surface area is 311 Å². The summed E-state index contributed by atoms with van der Waals surface area (Å²) in [4.78, 5) is 10.2. The van der Waals surface area contributed by atoms with Crippen LogP contribution in [0.1, 0.15) is 43.0 Å². The maximum absolute atomic E-state index is 6.60. The summed E-state index contributed by atoms with van der Waals surface area (Å²) in [6, 6.07) is 41.1. The summed E-state index contributed by atoms with van der Waals surface area (Å²) in [5.74, 6) is 2.12. The van der Waals surface area contributed by atoms with Gasteiger partial charge in [-0.05, 0) is 66.3 Å². The van der Waals surface area contributed by atoms with Crippen LogP contribution >= 0.6 is 0 Å². The molecule has 0 bridgehead atoms. The monoisotopic (exact) mass is 843 g/mol. The predicted octanol–water partition coefficient (Wildman–Crippen LogP) is 11.4. The van der Waals surface area contributed by atoms with E-state index in [0.29, 0.717) is 11.5 Å². The summed E-state index contributed by atoms with van der Waals surface area (Å²) in [6.07, 6.45) is 4.02.